The Morgan fingerprint density at radius 1 is 1.35 bits per heavy atom. The molecule has 20 heavy (non-hydrogen) atoms. The third-order valence-corrected chi connectivity index (χ3v) is 5.31. The summed E-state index contributed by atoms with van der Waals surface area (Å²) in [6.45, 7) is 10.2. The van der Waals surface area contributed by atoms with Crippen LogP contribution in [0.1, 0.15) is 30.0 Å². The smallest absolute Gasteiger partial charge is 0.0308 e. The van der Waals surface area contributed by atoms with Crippen molar-refractivity contribution in [1.82, 2.24) is 0 Å². The SMILES string of the molecule is C=C/C=C(/C)SC1=CC=C(c2ccc(C)s2)CC1=CC. The van der Waals surface area contributed by atoms with Crippen molar-refractivity contribution in [3.05, 3.63) is 74.2 Å². The molecule has 0 atom stereocenters. The fourth-order valence-corrected chi connectivity index (χ4v) is 3.99. The number of thiophene rings is 1. The molecule has 1 heterocycles. The Hall–Kier alpha value is -1.25. The summed E-state index contributed by atoms with van der Waals surface area (Å²) < 4.78 is 0. The largest absolute Gasteiger partial charge is 0.141 e. The van der Waals surface area contributed by atoms with E-state index in [1.807, 2.05) is 29.2 Å². The number of rotatable bonds is 4. The Bertz CT molecular complexity index is 622. The van der Waals surface area contributed by atoms with Crippen molar-refractivity contribution in [1.29, 1.82) is 0 Å². The normalized spacial score (nSPS) is 17.9. The molecule has 0 spiro atoms. The van der Waals surface area contributed by atoms with Crippen molar-refractivity contribution in [2.75, 3.05) is 0 Å². The van der Waals surface area contributed by atoms with Gasteiger partial charge in [0.15, 0.2) is 0 Å². The average molecular weight is 300 g/mol. The summed E-state index contributed by atoms with van der Waals surface area (Å²) in [5, 5.41) is 0. The van der Waals surface area contributed by atoms with E-state index < -0.39 is 0 Å². The van der Waals surface area contributed by atoms with E-state index in [2.05, 4.69) is 63.8 Å². The first-order valence-electron chi connectivity index (χ1n) is 6.74. The summed E-state index contributed by atoms with van der Waals surface area (Å²) >= 11 is 3.70. The molecule has 1 aromatic rings. The maximum Gasteiger partial charge on any atom is 0.0308 e. The van der Waals surface area contributed by atoms with E-state index in [1.54, 1.807) is 0 Å². The zero-order valence-corrected chi connectivity index (χ0v) is 13.9. The van der Waals surface area contributed by atoms with Gasteiger partial charge in [0.1, 0.15) is 0 Å². The van der Waals surface area contributed by atoms with Gasteiger partial charge in [0.05, 0.1) is 0 Å². The second kappa shape index (κ2) is 6.96. The molecule has 0 N–H and O–H groups in total. The van der Waals surface area contributed by atoms with Crippen LogP contribution >= 0.6 is 23.1 Å². The zero-order valence-electron chi connectivity index (χ0n) is 12.3. The van der Waals surface area contributed by atoms with Gasteiger partial charge in [-0.3, -0.25) is 0 Å². The summed E-state index contributed by atoms with van der Waals surface area (Å²) in [5.74, 6) is 0. The van der Waals surface area contributed by atoms with Crippen LogP contribution in [0.2, 0.25) is 0 Å². The highest BCUT2D eigenvalue weighted by Crippen LogP contribution is 2.40. The van der Waals surface area contributed by atoms with Crippen LogP contribution in [0.5, 0.6) is 0 Å². The molecule has 0 bridgehead atoms. The molecule has 2 heteroatoms. The molecule has 104 valence electrons. The molecule has 1 aromatic heterocycles. The highest BCUT2D eigenvalue weighted by atomic mass is 32.2. The summed E-state index contributed by atoms with van der Waals surface area (Å²) in [4.78, 5) is 5.38. The van der Waals surface area contributed by atoms with E-state index in [-0.39, 0.29) is 0 Å². The quantitative estimate of drug-likeness (QED) is 0.572. The van der Waals surface area contributed by atoms with E-state index in [9.17, 15) is 0 Å². The lowest BCUT2D eigenvalue weighted by Gasteiger charge is -2.17. The molecule has 2 rings (SSSR count). The second-order valence-electron chi connectivity index (χ2n) is 4.74. The monoisotopic (exact) mass is 300 g/mol. The third-order valence-electron chi connectivity index (χ3n) is 3.16. The van der Waals surface area contributed by atoms with Gasteiger partial charge < -0.3 is 0 Å². The molecule has 0 unspecified atom stereocenters. The molecular formula is C18H20S2. The van der Waals surface area contributed by atoms with Gasteiger partial charge in [-0.15, -0.1) is 11.3 Å². The highest BCUT2D eigenvalue weighted by molar-refractivity contribution is 8.06. The summed E-state index contributed by atoms with van der Waals surface area (Å²) in [5.41, 5.74) is 2.83. The van der Waals surface area contributed by atoms with Crippen molar-refractivity contribution < 1.29 is 0 Å². The first kappa shape index (κ1) is 15.1. The molecule has 0 aromatic carbocycles. The molecule has 0 saturated carbocycles. The van der Waals surface area contributed by atoms with E-state index in [1.165, 1.54) is 30.7 Å². The first-order chi connectivity index (χ1) is 9.63. The molecule has 0 nitrogen and oxygen atoms in total. The maximum absolute atomic E-state index is 3.75. The molecule has 0 amide bonds. The van der Waals surface area contributed by atoms with Gasteiger partial charge in [-0.25, -0.2) is 0 Å². The molecule has 0 radical (unpaired) electrons. The van der Waals surface area contributed by atoms with Crippen LogP contribution in [0, 0.1) is 6.92 Å². The van der Waals surface area contributed by atoms with Crippen molar-refractivity contribution in [3.63, 3.8) is 0 Å². The Morgan fingerprint density at radius 2 is 2.15 bits per heavy atom. The van der Waals surface area contributed by atoms with Gasteiger partial charge in [-0.05, 0) is 61.5 Å². The van der Waals surface area contributed by atoms with Crippen LogP contribution in [0.15, 0.2) is 64.5 Å². The predicted octanol–water partition coefficient (Wildman–Crippen LogP) is 6.50. The van der Waals surface area contributed by atoms with Crippen LogP contribution in [0.3, 0.4) is 0 Å². The van der Waals surface area contributed by atoms with Gasteiger partial charge in [-0.1, -0.05) is 42.6 Å². The van der Waals surface area contributed by atoms with Crippen molar-refractivity contribution in [2.24, 2.45) is 0 Å². The Kier molecular flexibility index (Phi) is 5.27. The van der Waals surface area contributed by atoms with Gasteiger partial charge in [0.25, 0.3) is 0 Å². The summed E-state index contributed by atoms with van der Waals surface area (Å²) in [7, 11) is 0. The van der Waals surface area contributed by atoms with Gasteiger partial charge in [0.2, 0.25) is 0 Å². The Balaban J connectivity index is 2.26. The number of hydrogen-bond acceptors (Lipinski definition) is 2. The van der Waals surface area contributed by atoms with Crippen LogP contribution < -0.4 is 0 Å². The van der Waals surface area contributed by atoms with E-state index in [0.717, 1.165) is 6.42 Å². The average Bonchev–Trinajstić information content (AvgIpc) is 2.86. The molecule has 0 fully saturated rings. The summed E-state index contributed by atoms with van der Waals surface area (Å²) in [6, 6.07) is 4.43. The lowest BCUT2D eigenvalue weighted by molar-refractivity contribution is 1.26. The van der Waals surface area contributed by atoms with E-state index in [0.29, 0.717) is 0 Å². The second-order valence-corrected chi connectivity index (χ2v) is 7.31. The maximum atomic E-state index is 3.75. The highest BCUT2D eigenvalue weighted by Gasteiger charge is 2.15. The van der Waals surface area contributed by atoms with E-state index in [4.69, 9.17) is 0 Å². The van der Waals surface area contributed by atoms with Crippen molar-refractivity contribution in [3.8, 4) is 0 Å². The molecular weight excluding hydrogens is 280 g/mol. The Labute approximate surface area is 130 Å². The van der Waals surface area contributed by atoms with Crippen LogP contribution in [0.4, 0.5) is 0 Å². The van der Waals surface area contributed by atoms with E-state index >= 15 is 0 Å². The van der Waals surface area contributed by atoms with Gasteiger partial charge >= 0.3 is 0 Å². The standard InChI is InChI=1S/C18H20S2/c1-5-7-13(3)19-17-11-9-16(12-15(17)6-2)18-10-8-14(4)20-18/h5-11H,1,12H2,2-4H3/b13-7-,15-6?. The number of allylic oxidation sites excluding steroid dienone is 8. The fraction of sp³-hybridized carbons (Fsp3) is 0.222. The lowest BCUT2D eigenvalue weighted by atomic mass is 9.98. The zero-order chi connectivity index (χ0) is 14.5. The number of thioether (sulfide) groups is 1. The lowest BCUT2D eigenvalue weighted by Crippen LogP contribution is -1.94. The Morgan fingerprint density at radius 3 is 2.75 bits per heavy atom. The van der Waals surface area contributed by atoms with Gasteiger partial charge in [-0.2, -0.15) is 0 Å². The number of hydrogen-bond donors (Lipinski definition) is 0. The minimum absolute atomic E-state index is 1.02. The molecule has 1 aliphatic rings. The van der Waals surface area contributed by atoms with Gasteiger partial charge in [0, 0.05) is 14.7 Å². The minimum Gasteiger partial charge on any atom is -0.141 e. The van der Waals surface area contributed by atoms with Crippen LogP contribution in [-0.2, 0) is 0 Å². The molecule has 0 saturated heterocycles. The summed E-state index contributed by atoms with van der Waals surface area (Å²) in [6.07, 6.45) is 11.7. The van der Waals surface area contributed by atoms with Crippen molar-refractivity contribution in [2.45, 2.75) is 27.2 Å². The minimum atomic E-state index is 1.02. The topological polar surface area (TPSA) is 0 Å². The van der Waals surface area contributed by atoms with Crippen LogP contribution in [0.25, 0.3) is 5.57 Å². The van der Waals surface area contributed by atoms with Crippen molar-refractivity contribution >= 4 is 28.7 Å². The molecule has 1 aliphatic carbocycles. The first-order valence-corrected chi connectivity index (χ1v) is 8.37. The fourth-order valence-electron chi connectivity index (χ4n) is 2.13. The predicted molar refractivity (Wildman–Crippen MR) is 95.0 cm³/mol. The van der Waals surface area contributed by atoms with Crippen LogP contribution in [-0.4, -0.2) is 0 Å². The third kappa shape index (κ3) is 3.65. The number of aryl methyl sites for hydroxylation is 1. The molecule has 0 aliphatic heterocycles.